The first-order valence-corrected chi connectivity index (χ1v) is 8.49. The number of hydrogen-bond donors (Lipinski definition) is 2. The third-order valence-corrected chi connectivity index (χ3v) is 5.74. The minimum absolute atomic E-state index is 0.122. The third-order valence-electron chi connectivity index (χ3n) is 5.74. The molecule has 0 heterocycles. The van der Waals surface area contributed by atoms with Crippen LogP contribution in [0.1, 0.15) is 65.7 Å². The van der Waals surface area contributed by atoms with Gasteiger partial charge in [0.1, 0.15) is 5.54 Å². The minimum atomic E-state index is -1.19. The highest BCUT2D eigenvalue weighted by molar-refractivity contribution is 5.89. The maximum atomic E-state index is 12.2. The first-order chi connectivity index (χ1) is 10.3. The van der Waals surface area contributed by atoms with E-state index in [9.17, 15) is 14.7 Å². The van der Waals surface area contributed by atoms with Crippen molar-refractivity contribution in [2.75, 3.05) is 6.61 Å². The number of carboxylic acids is 1. The van der Waals surface area contributed by atoms with E-state index in [0.717, 1.165) is 6.42 Å². The Kier molecular flexibility index (Phi) is 5.15. The van der Waals surface area contributed by atoms with Gasteiger partial charge in [-0.2, -0.15) is 0 Å². The Morgan fingerprint density at radius 1 is 1.27 bits per heavy atom. The lowest BCUT2D eigenvalue weighted by molar-refractivity contribution is -0.194. The Bertz CT molecular complexity index is 428. The van der Waals surface area contributed by atoms with Gasteiger partial charge in [0.2, 0.25) is 5.91 Å². The normalized spacial score (nSPS) is 30.8. The van der Waals surface area contributed by atoms with Crippen LogP contribution in [-0.4, -0.2) is 35.2 Å². The summed E-state index contributed by atoms with van der Waals surface area (Å²) in [6.07, 6.45) is 6.45. The quantitative estimate of drug-likeness (QED) is 0.758. The molecule has 2 aliphatic carbocycles. The van der Waals surface area contributed by atoms with Crippen molar-refractivity contribution in [1.82, 2.24) is 5.32 Å². The minimum Gasteiger partial charge on any atom is -0.479 e. The van der Waals surface area contributed by atoms with Crippen LogP contribution in [0.3, 0.4) is 0 Å². The van der Waals surface area contributed by atoms with Crippen molar-refractivity contribution < 1.29 is 19.4 Å². The number of rotatable bonds is 7. The van der Waals surface area contributed by atoms with Gasteiger partial charge in [-0.05, 0) is 19.3 Å². The molecule has 5 nitrogen and oxygen atoms in total. The number of aliphatic carboxylic acids is 1. The summed E-state index contributed by atoms with van der Waals surface area (Å²) in [5.41, 5.74) is -1.79. The van der Waals surface area contributed by atoms with Gasteiger partial charge in [-0.3, -0.25) is 4.79 Å². The van der Waals surface area contributed by atoms with Crippen LogP contribution in [0.5, 0.6) is 0 Å². The fourth-order valence-corrected chi connectivity index (χ4v) is 3.97. The number of carboxylic acid groups (broad SMARTS) is 1. The average molecular weight is 311 g/mol. The fourth-order valence-electron chi connectivity index (χ4n) is 3.97. The highest BCUT2D eigenvalue weighted by Gasteiger charge is 2.66. The van der Waals surface area contributed by atoms with E-state index in [4.69, 9.17) is 4.74 Å². The molecule has 2 fully saturated rings. The lowest BCUT2D eigenvalue weighted by atomic mass is 9.54. The van der Waals surface area contributed by atoms with Gasteiger partial charge < -0.3 is 15.2 Å². The van der Waals surface area contributed by atoms with Crippen LogP contribution in [0.15, 0.2) is 0 Å². The molecule has 2 rings (SSSR count). The maximum Gasteiger partial charge on any atom is 0.330 e. The van der Waals surface area contributed by atoms with Gasteiger partial charge in [0, 0.05) is 24.9 Å². The van der Waals surface area contributed by atoms with Gasteiger partial charge in [0.15, 0.2) is 0 Å². The summed E-state index contributed by atoms with van der Waals surface area (Å²) in [7, 11) is 0. The SMILES string of the molecule is CCOC1CC(NC(=O)CCC2CCCC2)(C(=O)O)C1(C)C. The van der Waals surface area contributed by atoms with Crippen molar-refractivity contribution in [2.45, 2.75) is 77.4 Å². The Morgan fingerprint density at radius 2 is 1.91 bits per heavy atom. The van der Waals surface area contributed by atoms with Crippen LogP contribution in [-0.2, 0) is 14.3 Å². The summed E-state index contributed by atoms with van der Waals surface area (Å²) >= 11 is 0. The van der Waals surface area contributed by atoms with Gasteiger partial charge in [-0.15, -0.1) is 0 Å². The van der Waals surface area contributed by atoms with Gasteiger partial charge in [-0.25, -0.2) is 4.79 Å². The molecule has 2 aliphatic rings. The van der Waals surface area contributed by atoms with Gasteiger partial charge in [-0.1, -0.05) is 39.5 Å². The van der Waals surface area contributed by atoms with E-state index in [0.29, 0.717) is 25.4 Å². The summed E-state index contributed by atoms with van der Waals surface area (Å²) in [5, 5.41) is 12.5. The average Bonchev–Trinajstić information content (AvgIpc) is 2.96. The van der Waals surface area contributed by atoms with Crippen molar-refractivity contribution >= 4 is 11.9 Å². The molecule has 0 radical (unpaired) electrons. The molecule has 1 amide bonds. The fraction of sp³-hybridized carbons (Fsp3) is 0.882. The van der Waals surface area contributed by atoms with E-state index in [1.807, 2.05) is 20.8 Å². The molecule has 2 atom stereocenters. The zero-order valence-corrected chi connectivity index (χ0v) is 14.0. The third kappa shape index (κ3) is 3.00. The number of nitrogens with one attached hydrogen (secondary N) is 1. The summed E-state index contributed by atoms with van der Waals surface area (Å²) in [6, 6.07) is 0. The lowest BCUT2D eigenvalue weighted by Crippen LogP contribution is -2.76. The summed E-state index contributed by atoms with van der Waals surface area (Å²) < 4.78 is 5.61. The standard InChI is InChI=1S/C17H29NO4/c1-4-22-13-11-17(15(20)21,16(13,2)3)18-14(19)10-9-12-7-5-6-8-12/h12-13H,4-11H2,1-3H3,(H,18,19)(H,20,21). The topological polar surface area (TPSA) is 75.6 Å². The van der Waals surface area contributed by atoms with E-state index >= 15 is 0 Å². The molecule has 0 saturated heterocycles. The zero-order chi connectivity index (χ0) is 16.4. The van der Waals surface area contributed by atoms with Crippen LogP contribution < -0.4 is 5.32 Å². The summed E-state index contributed by atoms with van der Waals surface area (Å²) in [4.78, 5) is 24.0. The predicted molar refractivity (Wildman–Crippen MR) is 83.5 cm³/mol. The molecule has 5 heteroatoms. The van der Waals surface area contributed by atoms with E-state index in [-0.39, 0.29) is 12.0 Å². The van der Waals surface area contributed by atoms with Crippen LogP contribution in [0.2, 0.25) is 0 Å². The van der Waals surface area contributed by atoms with Gasteiger partial charge >= 0.3 is 5.97 Å². The Hall–Kier alpha value is -1.10. The molecular formula is C17H29NO4. The summed E-state index contributed by atoms with van der Waals surface area (Å²) in [5.74, 6) is -0.461. The van der Waals surface area contributed by atoms with Crippen molar-refractivity contribution in [3.63, 3.8) is 0 Å². The van der Waals surface area contributed by atoms with E-state index in [1.165, 1.54) is 25.7 Å². The molecule has 0 aromatic rings. The maximum absolute atomic E-state index is 12.2. The Labute approximate surface area is 132 Å². The van der Waals surface area contributed by atoms with Gasteiger partial charge in [0.25, 0.3) is 0 Å². The van der Waals surface area contributed by atoms with E-state index in [1.54, 1.807) is 0 Å². The number of carbonyl (C=O) groups is 2. The van der Waals surface area contributed by atoms with E-state index in [2.05, 4.69) is 5.32 Å². The monoisotopic (exact) mass is 311 g/mol. The van der Waals surface area contributed by atoms with Gasteiger partial charge in [0.05, 0.1) is 6.10 Å². The lowest BCUT2D eigenvalue weighted by Gasteiger charge is -2.58. The molecular weight excluding hydrogens is 282 g/mol. The molecule has 2 unspecified atom stereocenters. The highest BCUT2D eigenvalue weighted by Crippen LogP contribution is 2.51. The second-order valence-corrected chi connectivity index (χ2v) is 7.32. The molecule has 0 bridgehead atoms. The van der Waals surface area contributed by atoms with Crippen molar-refractivity contribution in [3.05, 3.63) is 0 Å². The van der Waals surface area contributed by atoms with Crippen LogP contribution in [0, 0.1) is 11.3 Å². The second-order valence-electron chi connectivity index (χ2n) is 7.32. The van der Waals surface area contributed by atoms with Crippen LogP contribution in [0.4, 0.5) is 0 Å². The Balaban J connectivity index is 1.94. The highest BCUT2D eigenvalue weighted by atomic mass is 16.5. The first kappa shape index (κ1) is 17.3. The molecule has 126 valence electrons. The number of carbonyl (C=O) groups excluding carboxylic acids is 1. The second kappa shape index (κ2) is 6.57. The number of hydrogen-bond acceptors (Lipinski definition) is 3. The molecule has 2 saturated carbocycles. The van der Waals surface area contributed by atoms with Crippen LogP contribution in [0.25, 0.3) is 0 Å². The zero-order valence-electron chi connectivity index (χ0n) is 14.0. The van der Waals surface area contributed by atoms with Crippen molar-refractivity contribution in [2.24, 2.45) is 11.3 Å². The largest absolute Gasteiger partial charge is 0.479 e. The molecule has 2 N–H and O–H groups in total. The smallest absolute Gasteiger partial charge is 0.330 e. The number of amides is 1. The molecule has 0 aromatic heterocycles. The Morgan fingerprint density at radius 3 is 2.41 bits per heavy atom. The molecule has 0 aliphatic heterocycles. The molecule has 22 heavy (non-hydrogen) atoms. The van der Waals surface area contributed by atoms with Crippen molar-refractivity contribution in [1.29, 1.82) is 0 Å². The predicted octanol–water partition coefficient (Wildman–Crippen LogP) is 2.73. The molecule has 0 spiro atoms. The first-order valence-electron chi connectivity index (χ1n) is 8.49. The summed E-state index contributed by atoms with van der Waals surface area (Å²) in [6.45, 7) is 6.18. The molecule has 0 aromatic carbocycles. The van der Waals surface area contributed by atoms with Crippen LogP contribution >= 0.6 is 0 Å². The van der Waals surface area contributed by atoms with Crippen molar-refractivity contribution in [3.8, 4) is 0 Å². The number of ether oxygens (including phenoxy) is 1. The van der Waals surface area contributed by atoms with E-state index < -0.39 is 16.9 Å².